The van der Waals surface area contributed by atoms with Crippen molar-refractivity contribution in [3.63, 3.8) is 0 Å². The van der Waals surface area contributed by atoms with Crippen LogP contribution in [0.25, 0.3) is 0 Å². The molecule has 0 aliphatic rings. The summed E-state index contributed by atoms with van der Waals surface area (Å²) in [5, 5.41) is 3.08. The van der Waals surface area contributed by atoms with E-state index < -0.39 is 10.0 Å². The molecule has 0 atom stereocenters. The zero-order valence-corrected chi connectivity index (χ0v) is 12.9. The lowest BCUT2D eigenvalue weighted by Gasteiger charge is -2.16. The third-order valence-corrected chi connectivity index (χ3v) is 4.72. The summed E-state index contributed by atoms with van der Waals surface area (Å²) in [5.74, 6) is 1.16. The summed E-state index contributed by atoms with van der Waals surface area (Å²) in [6.07, 6.45) is 5.69. The minimum Gasteiger partial charge on any atom is -0.370 e. The zero-order valence-electron chi connectivity index (χ0n) is 12.1. The molecule has 114 valence electrons. The van der Waals surface area contributed by atoms with Crippen LogP contribution in [0.4, 0.5) is 5.82 Å². The molecule has 0 spiro atoms. The molecule has 0 unspecified atom stereocenters. The van der Waals surface area contributed by atoms with Gasteiger partial charge < -0.3 is 10.3 Å². The molecule has 2 aromatic heterocycles. The predicted molar refractivity (Wildman–Crippen MR) is 80.3 cm³/mol. The van der Waals surface area contributed by atoms with Gasteiger partial charge in [-0.1, -0.05) is 6.92 Å². The smallest absolute Gasteiger partial charge is 0.243 e. The van der Waals surface area contributed by atoms with Gasteiger partial charge in [-0.2, -0.15) is 4.31 Å². The molecule has 2 rings (SSSR count). The number of hydrogen-bond acceptors (Lipinski definition) is 5. The fourth-order valence-corrected chi connectivity index (χ4v) is 2.93. The third kappa shape index (κ3) is 3.79. The molecule has 0 saturated heterocycles. The predicted octanol–water partition coefficient (Wildman–Crippen LogP) is 1.45. The van der Waals surface area contributed by atoms with Gasteiger partial charge in [-0.15, -0.1) is 0 Å². The van der Waals surface area contributed by atoms with E-state index >= 15 is 0 Å². The van der Waals surface area contributed by atoms with Crippen molar-refractivity contribution in [1.29, 1.82) is 0 Å². The van der Waals surface area contributed by atoms with E-state index in [4.69, 9.17) is 0 Å². The maximum atomic E-state index is 12.5. The Bertz CT molecular complexity index is 670. The number of hydrogen-bond donors (Lipinski definition) is 2. The zero-order chi connectivity index (χ0) is 15.3. The van der Waals surface area contributed by atoms with Crippen LogP contribution in [0.2, 0.25) is 0 Å². The van der Waals surface area contributed by atoms with Gasteiger partial charge in [0.2, 0.25) is 10.0 Å². The van der Waals surface area contributed by atoms with E-state index in [1.807, 2.05) is 6.92 Å². The van der Waals surface area contributed by atoms with Crippen molar-refractivity contribution in [2.24, 2.45) is 0 Å². The molecule has 0 amide bonds. The van der Waals surface area contributed by atoms with E-state index in [0.29, 0.717) is 11.6 Å². The highest BCUT2D eigenvalue weighted by molar-refractivity contribution is 7.89. The molecule has 0 aliphatic heterocycles. The molecule has 0 radical (unpaired) electrons. The Morgan fingerprint density at radius 1 is 1.33 bits per heavy atom. The molecule has 21 heavy (non-hydrogen) atoms. The first-order valence-corrected chi connectivity index (χ1v) is 8.12. The van der Waals surface area contributed by atoms with E-state index in [9.17, 15) is 8.42 Å². The molecule has 0 fully saturated rings. The lowest BCUT2D eigenvalue weighted by atomic mass is 10.4. The quantitative estimate of drug-likeness (QED) is 0.807. The summed E-state index contributed by atoms with van der Waals surface area (Å²) < 4.78 is 26.3. The van der Waals surface area contributed by atoms with E-state index in [1.165, 1.54) is 23.6 Å². The Balaban J connectivity index is 2.18. The minimum absolute atomic E-state index is 0.190. The summed E-state index contributed by atoms with van der Waals surface area (Å²) in [7, 11) is -2.04. The summed E-state index contributed by atoms with van der Waals surface area (Å²) in [5.41, 5.74) is 0. The monoisotopic (exact) mass is 309 g/mol. The van der Waals surface area contributed by atoms with Crippen LogP contribution < -0.4 is 5.32 Å². The molecule has 7 nitrogen and oxygen atoms in total. The van der Waals surface area contributed by atoms with Gasteiger partial charge in [0.25, 0.3) is 0 Å². The Morgan fingerprint density at radius 2 is 2.14 bits per heavy atom. The fraction of sp³-hybridized carbons (Fsp3) is 0.385. The van der Waals surface area contributed by atoms with Gasteiger partial charge in [0.15, 0.2) is 0 Å². The molecule has 8 heteroatoms. The largest absolute Gasteiger partial charge is 0.370 e. The standard InChI is InChI=1S/C13H19N5O2S/c1-3-5-14-12-9-11(4-6-15-12)21(19,20)18(2)10-13-16-7-8-17-13/h4,6-9H,3,5,10H2,1-2H3,(H,14,15)(H,16,17). The van der Waals surface area contributed by atoms with Gasteiger partial charge in [0.05, 0.1) is 11.4 Å². The number of aromatic amines is 1. The number of H-pyrrole nitrogens is 1. The fourth-order valence-electron chi connectivity index (χ4n) is 1.78. The average molecular weight is 309 g/mol. The van der Waals surface area contributed by atoms with Crippen molar-refractivity contribution in [2.75, 3.05) is 18.9 Å². The lowest BCUT2D eigenvalue weighted by Crippen LogP contribution is -2.27. The molecule has 2 aromatic rings. The number of anilines is 1. The van der Waals surface area contributed by atoms with Gasteiger partial charge in [0.1, 0.15) is 11.6 Å². The Morgan fingerprint density at radius 3 is 2.81 bits per heavy atom. The number of pyridine rings is 1. The van der Waals surface area contributed by atoms with Crippen LogP contribution in [0, 0.1) is 0 Å². The lowest BCUT2D eigenvalue weighted by molar-refractivity contribution is 0.458. The number of sulfonamides is 1. The average Bonchev–Trinajstić information content (AvgIpc) is 2.98. The molecule has 0 saturated carbocycles. The van der Waals surface area contributed by atoms with Crippen LogP contribution >= 0.6 is 0 Å². The van der Waals surface area contributed by atoms with Crippen LogP contribution in [-0.4, -0.2) is 41.3 Å². The number of aromatic nitrogens is 3. The highest BCUT2D eigenvalue weighted by Crippen LogP contribution is 2.18. The van der Waals surface area contributed by atoms with Crippen LogP contribution in [0.3, 0.4) is 0 Å². The van der Waals surface area contributed by atoms with Crippen LogP contribution in [0.5, 0.6) is 0 Å². The second-order valence-electron chi connectivity index (χ2n) is 4.60. The highest BCUT2D eigenvalue weighted by atomic mass is 32.2. The number of nitrogens with zero attached hydrogens (tertiary/aromatic N) is 3. The topological polar surface area (TPSA) is 91.0 Å². The van der Waals surface area contributed by atoms with Crippen molar-refractivity contribution in [3.8, 4) is 0 Å². The Hall–Kier alpha value is -1.93. The van der Waals surface area contributed by atoms with Gasteiger partial charge in [-0.3, -0.25) is 0 Å². The molecular formula is C13H19N5O2S. The molecule has 2 N–H and O–H groups in total. The third-order valence-electron chi connectivity index (χ3n) is 2.92. The molecule has 0 aliphatic carbocycles. The van der Waals surface area contributed by atoms with Crippen LogP contribution in [0.15, 0.2) is 35.6 Å². The van der Waals surface area contributed by atoms with E-state index in [2.05, 4.69) is 20.3 Å². The first-order valence-electron chi connectivity index (χ1n) is 6.68. The summed E-state index contributed by atoms with van der Waals surface area (Å²) >= 11 is 0. The maximum Gasteiger partial charge on any atom is 0.243 e. The van der Waals surface area contributed by atoms with Crippen molar-refractivity contribution in [2.45, 2.75) is 24.8 Å². The Labute approximate surface area is 124 Å². The normalized spacial score (nSPS) is 11.8. The van der Waals surface area contributed by atoms with Crippen molar-refractivity contribution >= 4 is 15.8 Å². The number of nitrogens with one attached hydrogen (secondary N) is 2. The SMILES string of the molecule is CCCNc1cc(S(=O)(=O)N(C)Cc2ncc[nH]2)ccn1. The van der Waals surface area contributed by atoms with Crippen LogP contribution in [0.1, 0.15) is 19.2 Å². The molecule has 0 bridgehead atoms. The molecular weight excluding hydrogens is 290 g/mol. The minimum atomic E-state index is -3.57. The van der Waals surface area contributed by atoms with Crippen molar-refractivity contribution in [1.82, 2.24) is 19.3 Å². The number of rotatable bonds is 7. The maximum absolute atomic E-state index is 12.5. The summed E-state index contributed by atoms with van der Waals surface area (Å²) in [6, 6.07) is 3.04. The highest BCUT2D eigenvalue weighted by Gasteiger charge is 2.22. The van der Waals surface area contributed by atoms with Gasteiger partial charge in [0, 0.05) is 38.2 Å². The first kappa shape index (κ1) is 15.5. The second kappa shape index (κ2) is 6.68. The second-order valence-corrected chi connectivity index (χ2v) is 6.65. The van der Waals surface area contributed by atoms with Crippen LogP contribution in [-0.2, 0) is 16.6 Å². The van der Waals surface area contributed by atoms with Gasteiger partial charge in [-0.05, 0) is 12.5 Å². The number of imidazole rings is 1. The van der Waals surface area contributed by atoms with E-state index in [0.717, 1.165) is 13.0 Å². The van der Waals surface area contributed by atoms with Crippen molar-refractivity contribution < 1.29 is 8.42 Å². The summed E-state index contributed by atoms with van der Waals surface area (Å²) in [6.45, 7) is 2.97. The van der Waals surface area contributed by atoms with Gasteiger partial charge >= 0.3 is 0 Å². The Kier molecular flexibility index (Phi) is 4.92. The molecule has 2 heterocycles. The van der Waals surface area contributed by atoms with E-state index in [1.54, 1.807) is 18.5 Å². The first-order chi connectivity index (χ1) is 10.0. The summed E-state index contributed by atoms with van der Waals surface area (Å²) in [4.78, 5) is 11.3. The van der Waals surface area contributed by atoms with Gasteiger partial charge in [-0.25, -0.2) is 18.4 Å². The molecule has 0 aromatic carbocycles. The van der Waals surface area contributed by atoms with Crippen molar-refractivity contribution in [3.05, 3.63) is 36.5 Å². The van der Waals surface area contributed by atoms with E-state index in [-0.39, 0.29) is 11.4 Å².